The summed E-state index contributed by atoms with van der Waals surface area (Å²) >= 11 is 6.55. The molecule has 0 saturated carbocycles. The molecule has 116 valence electrons. The third-order valence-corrected chi connectivity index (χ3v) is 4.61. The van der Waals surface area contributed by atoms with Crippen LogP contribution in [0.2, 0.25) is 0 Å². The van der Waals surface area contributed by atoms with Crippen molar-refractivity contribution >= 4 is 46.3 Å². The fraction of sp³-hybridized carbons (Fsp3) is 0.312. The number of benzene rings is 1. The zero-order valence-electron chi connectivity index (χ0n) is 12.2. The Bertz CT molecular complexity index is 640. The van der Waals surface area contributed by atoms with Crippen molar-refractivity contribution in [2.24, 2.45) is 0 Å². The number of carboxylic acids is 1. The first kappa shape index (κ1) is 16.7. The fourth-order valence-corrected chi connectivity index (χ4v) is 3.46. The quantitative estimate of drug-likeness (QED) is 0.490. The summed E-state index contributed by atoms with van der Waals surface area (Å²) < 4.78 is 0.541. The number of unbranched alkanes of at least 4 members (excludes halogenated alkanes) is 1. The molecule has 1 saturated heterocycles. The number of thiocarbonyl (C=S) groups is 1. The lowest BCUT2D eigenvalue weighted by Crippen LogP contribution is -2.29. The first-order chi connectivity index (χ1) is 10.5. The monoisotopic (exact) mass is 335 g/mol. The number of thioether (sulfide) groups is 1. The van der Waals surface area contributed by atoms with E-state index in [1.165, 1.54) is 11.8 Å². The average Bonchev–Trinajstić information content (AvgIpc) is 2.70. The third kappa shape index (κ3) is 4.42. The smallest absolute Gasteiger partial charge is 0.303 e. The van der Waals surface area contributed by atoms with Gasteiger partial charge < -0.3 is 5.11 Å². The van der Waals surface area contributed by atoms with E-state index in [1.807, 2.05) is 37.3 Å². The highest BCUT2D eigenvalue weighted by Crippen LogP contribution is 2.32. The molecule has 1 aliphatic heterocycles. The molecule has 0 radical (unpaired) electrons. The molecule has 1 fully saturated rings. The maximum atomic E-state index is 12.4. The molecule has 1 amide bonds. The summed E-state index contributed by atoms with van der Waals surface area (Å²) in [4.78, 5) is 25.0. The maximum absolute atomic E-state index is 12.4. The molecular formula is C16H17NO3S2. The zero-order valence-corrected chi connectivity index (χ0v) is 13.9. The van der Waals surface area contributed by atoms with Crippen LogP contribution in [-0.4, -0.2) is 32.7 Å². The summed E-state index contributed by atoms with van der Waals surface area (Å²) in [6.07, 6.45) is 3.15. The lowest BCUT2D eigenvalue weighted by molar-refractivity contribution is -0.137. The standard InChI is InChI=1S/C16H17NO3S2/c1-11-5-4-6-12(9-11)10-13-15(20)17(16(21)22-13)8-3-2-7-14(18)19/h4-6,9-10H,2-3,7-8H2,1H3,(H,18,19)/b13-10-. The number of rotatable bonds is 6. The van der Waals surface area contributed by atoms with E-state index >= 15 is 0 Å². The number of hydrogen-bond acceptors (Lipinski definition) is 4. The van der Waals surface area contributed by atoms with Gasteiger partial charge in [0.15, 0.2) is 0 Å². The Labute approximate surface area is 139 Å². The second-order valence-electron chi connectivity index (χ2n) is 5.10. The molecule has 0 atom stereocenters. The van der Waals surface area contributed by atoms with Crippen molar-refractivity contribution in [3.05, 3.63) is 40.3 Å². The lowest BCUT2D eigenvalue weighted by atomic mass is 10.1. The van der Waals surface area contributed by atoms with Crippen LogP contribution >= 0.6 is 24.0 Å². The number of nitrogens with zero attached hydrogens (tertiary/aromatic N) is 1. The fourth-order valence-electron chi connectivity index (χ4n) is 2.15. The van der Waals surface area contributed by atoms with Crippen LogP contribution in [0.4, 0.5) is 0 Å². The first-order valence-corrected chi connectivity index (χ1v) is 8.23. The van der Waals surface area contributed by atoms with Crippen LogP contribution in [0, 0.1) is 6.92 Å². The Kier molecular flexibility index (Phi) is 5.74. The Morgan fingerprint density at radius 2 is 2.18 bits per heavy atom. The highest BCUT2D eigenvalue weighted by atomic mass is 32.2. The zero-order chi connectivity index (χ0) is 16.1. The van der Waals surface area contributed by atoms with Crippen molar-refractivity contribution in [1.29, 1.82) is 0 Å². The molecule has 22 heavy (non-hydrogen) atoms. The second-order valence-corrected chi connectivity index (χ2v) is 6.77. The minimum atomic E-state index is -0.815. The van der Waals surface area contributed by atoms with Crippen LogP contribution in [0.25, 0.3) is 6.08 Å². The van der Waals surface area contributed by atoms with Crippen molar-refractivity contribution in [2.75, 3.05) is 6.54 Å². The van der Waals surface area contributed by atoms with Gasteiger partial charge in [0, 0.05) is 13.0 Å². The van der Waals surface area contributed by atoms with E-state index in [9.17, 15) is 9.59 Å². The summed E-state index contributed by atoms with van der Waals surface area (Å²) in [7, 11) is 0. The van der Waals surface area contributed by atoms with Gasteiger partial charge in [-0.25, -0.2) is 0 Å². The summed E-state index contributed by atoms with van der Waals surface area (Å²) in [6, 6.07) is 7.92. The summed E-state index contributed by atoms with van der Waals surface area (Å²) in [6.45, 7) is 2.48. The van der Waals surface area contributed by atoms with Gasteiger partial charge in [0.1, 0.15) is 4.32 Å². The van der Waals surface area contributed by atoms with E-state index < -0.39 is 5.97 Å². The van der Waals surface area contributed by atoms with E-state index in [0.29, 0.717) is 28.6 Å². The molecule has 0 aliphatic carbocycles. The van der Waals surface area contributed by atoms with Gasteiger partial charge in [-0.1, -0.05) is 53.8 Å². The van der Waals surface area contributed by atoms with Crippen LogP contribution in [0.1, 0.15) is 30.4 Å². The number of hydrogen-bond donors (Lipinski definition) is 1. The van der Waals surface area contributed by atoms with Crippen LogP contribution in [0.3, 0.4) is 0 Å². The van der Waals surface area contributed by atoms with Crippen molar-refractivity contribution in [3.8, 4) is 0 Å². The molecule has 1 aliphatic rings. The molecule has 1 aromatic rings. The highest BCUT2D eigenvalue weighted by molar-refractivity contribution is 8.26. The molecule has 2 rings (SSSR count). The molecule has 6 heteroatoms. The van der Waals surface area contributed by atoms with E-state index in [0.717, 1.165) is 11.1 Å². The summed E-state index contributed by atoms with van der Waals surface area (Å²) in [5, 5.41) is 8.62. The minimum Gasteiger partial charge on any atom is -0.481 e. The number of carbonyl (C=O) groups is 2. The Morgan fingerprint density at radius 3 is 2.86 bits per heavy atom. The maximum Gasteiger partial charge on any atom is 0.303 e. The van der Waals surface area contributed by atoms with Crippen LogP contribution in [-0.2, 0) is 9.59 Å². The minimum absolute atomic E-state index is 0.0909. The average molecular weight is 335 g/mol. The van der Waals surface area contributed by atoms with Gasteiger partial charge in [-0.05, 0) is 31.4 Å². The number of aliphatic carboxylic acids is 1. The molecule has 1 N–H and O–H groups in total. The molecule has 4 nitrogen and oxygen atoms in total. The Balaban J connectivity index is 2.00. The van der Waals surface area contributed by atoms with Gasteiger partial charge >= 0.3 is 5.97 Å². The Hall–Kier alpha value is -1.66. The molecule has 0 aromatic heterocycles. The summed E-state index contributed by atoms with van der Waals surface area (Å²) in [5.41, 5.74) is 2.12. The second kappa shape index (κ2) is 7.56. The molecule has 1 aromatic carbocycles. The van der Waals surface area contributed by atoms with Gasteiger partial charge in [-0.15, -0.1) is 0 Å². The van der Waals surface area contributed by atoms with Gasteiger partial charge in [-0.3, -0.25) is 14.5 Å². The number of carbonyl (C=O) groups excluding carboxylic acids is 1. The normalized spacial score (nSPS) is 16.6. The van der Waals surface area contributed by atoms with Crippen molar-refractivity contribution in [2.45, 2.75) is 26.2 Å². The third-order valence-electron chi connectivity index (χ3n) is 3.24. The number of amides is 1. The van der Waals surface area contributed by atoms with Gasteiger partial charge in [0.25, 0.3) is 5.91 Å². The summed E-state index contributed by atoms with van der Waals surface area (Å²) in [5.74, 6) is -0.906. The van der Waals surface area contributed by atoms with E-state index in [4.69, 9.17) is 17.3 Å². The van der Waals surface area contributed by atoms with Gasteiger partial charge in [0.2, 0.25) is 0 Å². The van der Waals surface area contributed by atoms with Crippen LogP contribution < -0.4 is 0 Å². The van der Waals surface area contributed by atoms with Gasteiger partial charge in [0.05, 0.1) is 4.91 Å². The SMILES string of the molecule is Cc1cccc(/C=C2\SC(=S)N(CCCCC(=O)O)C2=O)c1. The van der Waals surface area contributed by atoms with E-state index in [2.05, 4.69) is 0 Å². The lowest BCUT2D eigenvalue weighted by Gasteiger charge is -2.13. The van der Waals surface area contributed by atoms with Crippen LogP contribution in [0.15, 0.2) is 29.2 Å². The van der Waals surface area contributed by atoms with E-state index in [-0.39, 0.29) is 12.3 Å². The highest BCUT2D eigenvalue weighted by Gasteiger charge is 2.31. The van der Waals surface area contributed by atoms with Gasteiger partial charge in [-0.2, -0.15) is 0 Å². The Morgan fingerprint density at radius 1 is 1.41 bits per heavy atom. The number of carboxylic acid groups (broad SMARTS) is 1. The van der Waals surface area contributed by atoms with Crippen molar-refractivity contribution < 1.29 is 14.7 Å². The van der Waals surface area contributed by atoms with E-state index in [1.54, 1.807) is 4.90 Å². The topological polar surface area (TPSA) is 57.6 Å². The first-order valence-electron chi connectivity index (χ1n) is 7.01. The van der Waals surface area contributed by atoms with Crippen molar-refractivity contribution in [3.63, 3.8) is 0 Å². The molecule has 0 unspecified atom stereocenters. The predicted molar refractivity (Wildman–Crippen MR) is 92.5 cm³/mol. The molecule has 0 spiro atoms. The van der Waals surface area contributed by atoms with Crippen molar-refractivity contribution in [1.82, 2.24) is 4.90 Å². The number of aryl methyl sites for hydroxylation is 1. The molecule has 1 heterocycles. The molecule has 0 bridgehead atoms. The molecular weight excluding hydrogens is 318 g/mol. The predicted octanol–water partition coefficient (Wildman–Crippen LogP) is 3.45. The largest absolute Gasteiger partial charge is 0.481 e. The van der Waals surface area contributed by atoms with Crippen LogP contribution in [0.5, 0.6) is 0 Å².